The lowest BCUT2D eigenvalue weighted by Gasteiger charge is -2.20. The van der Waals surface area contributed by atoms with Crippen LogP contribution in [0.15, 0.2) is 59.9 Å². The van der Waals surface area contributed by atoms with Crippen molar-refractivity contribution >= 4 is 40.5 Å². The smallest absolute Gasteiger partial charge is 0.272 e. The van der Waals surface area contributed by atoms with Crippen molar-refractivity contribution in [1.82, 2.24) is 20.7 Å². The zero-order valence-electron chi connectivity index (χ0n) is 14.0. The van der Waals surface area contributed by atoms with E-state index < -0.39 is 11.8 Å². The number of amides is 2. The predicted molar refractivity (Wildman–Crippen MR) is 102 cm³/mol. The summed E-state index contributed by atoms with van der Waals surface area (Å²) in [5.74, 6) is -1.08. The molecule has 2 aromatic heterocycles. The molecule has 2 aromatic rings. The topological polar surface area (TPSA) is 91.4 Å². The van der Waals surface area contributed by atoms with Crippen molar-refractivity contribution in [2.24, 2.45) is 0 Å². The van der Waals surface area contributed by atoms with E-state index in [9.17, 15) is 14.4 Å². The zero-order valence-corrected chi connectivity index (χ0v) is 15.6. The monoisotopic (exact) mass is 402 g/mol. The Morgan fingerprint density at radius 2 is 2.00 bits per heavy atom. The van der Waals surface area contributed by atoms with Crippen LogP contribution in [-0.4, -0.2) is 34.0 Å². The minimum Gasteiger partial charge on any atom is -0.346 e. The van der Waals surface area contributed by atoms with Crippen molar-refractivity contribution in [3.05, 3.63) is 75.5 Å². The molecule has 2 N–H and O–H groups in total. The van der Waals surface area contributed by atoms with Crippen molar-refractivity contribution in [2.75, 3.05) is 6.54 Å². The number of carbonyl (C=O) groups is 3. The van der Waals surface area contributed by atoms with E-state index in [2.05, 4.69) is 15.8 Å². The van der Waals surface area contributed by atoms with Crippen LogP contribution in [0.4, 0.5) is 0 Å². The maximum Gasteiger partial charge on any atom is 0.272 e. The summed E-state index contributed by atoms with van der Waals surface area (Å²) in [6.07, 6.45) is 6.96. The number of hydrogen-bond acceptors (Lipinski definition) is 6. The van der Waals surface area contributed by atoms with Crippen LogP contribution >= 0.6 is 22.9 Å². The van der Waals surface area contributed by atoms with Gasteiger partial charge in [-0.2, -0.15) is 0 Å². The Bertz CT molecular complexity index is 924. The van der Waals surface area contributed by atoms with Crippen molar-refractivity contribution in [2.45, 2.75) is 6.42 Å². The first-order chi connectivity index (χ1) is 13.0. The van der Waals surface area contributed by atoms with E-state index in [1.165, 1.54) is 23.6 Å². The number of halogens is 1. The standard InChI is InChI=1S/C18H15ClN4O3S/c19-16-13(5-1-7-20-16)18(26)22-21-17(25)12-4-2-8-23(10-12)11-14(24)15-6-3-9-27-15/h1-3,5-10H,4,11H2,(H,21,25)(H,22,26). The van der Waals surface area contributed by atoms with Crippen LogP contribution in [0.1, 0.15) is 26.5 Å². The number of nitrogens with one attached hydrogen (secondary N) is 2. The van der Waals surface area contributed by atoms with E-state index in [0.29, 0.717) is 16.9 Å². The minimum absolute atomic E-state index is 0.0351. The fourth-order valence-corrected chi connectivity index (χ4v) is 3.22. The van der Waals surface area contributed by atoms with Gasteiger partial charge in [-0.05, 0) is 30.0 Å². The van der Waals surface area contributed by atoms with E-state index in [0.717, 1.165) is 0 Å². The number of hydrazine groups is 1. The number of ketones is 1. The average Bonchev–Trinajstić information content (AvgIpc) is 3.21. The maximum atomic E-state index is 12.3. The van der Waals surface area contributed by atoms with Gasteiger partial charge in [-0.3, -0.25) is 25.2 Å². The van der Waals surface area contributed by atoms with E-state index in [4.69, 9.17) is 11.6 Å². The van der Waals surface area contributed by atoms with Gasteiger partial charge < -0.3 is 4.90 Å². The lowest BCUT2D eigenvalue weighted by molar-refractivity contribution is -0.118. The summed E-state index contributed by atoms with van der Waals surface area (Å²) < 4.78 is 0. The number of rotatable bonds is 5. The third kappa shape index (κ3) is 4.81. The Balaban J connectivity index is 1.57. The van der Waals surface area contributed by atoms with Crippen LogP contribution in [0, 0.1) is 0 Å². The van der Waals surface area contributed by atoms with Crippen LogP contribution in [0.3, 0.4) is 0 Å². The van der Waals surface area contributed by atoms with Gasteiger partial charge in [-0.15, -0.1) is 11.3 Å². The molecule has 3 rings (SSSR count). The summed E-state index contributed by atoms with van der Waals surface area (Å²) >= 11 is 7.22. The Labute approximate surface area is 164 Å². The summed E-state index contributed by atoms with van der Waals surface area (Å²) in [6.45, 7) is 0.130. The highest BCUT2D eigenvalue weighted by Gasteiger charge is 2.17. The van der Waals surface area contributed by atoms with Crippen molar-refractivity contribution in [3.63, 3.8) is 0 Å². The number of aromatic nitrogens is 1. The summed E-state index contributed by atoms with van der Waals surface area (Å²) in [5, 5.41) is 1.88. The Morgan fingerprint density at radius 1 is 1.19 bits per heavy atom. The second kappa shape index (κ2) is 8.61. The molecule has 0 spiro atoms. The van der Waals surface area contributed by atoms with Gasteiger partial charge in [0.25, 0.3) is 11.8 Å². The van der Waals surface area contributed by atoms with Crippen LogP contribution in [0.5, 0.6) is 0 Å². The fourth-order valence-electron chi connectivity index (χ4n) is 2.36. The van der Waals surface area contributed by atoms with Gasteiger partial charge in [0, 0.05) is 24.2 Å². The third-order valence-electron chi connectivity index (χ3n) is 3.66. The molecule has 0 bridgehead atoms. The molecule has 3 heterocycles. The first-order valence-electron chi connectivity index (χ1n) is 7.95. The number of Topliss-reactive ketones (excluding diaryl/α,β-unsaturated/α-hetero) is 1. The number of carbonyl (C=O) groups excluding carboxylic acids is 3. The van der Waals surface area contributed by atoms with Gasteiger partial charge in [0.05, 0.1) is 17.0 Å². The molecule has 0 aromatic carbocycles. The Kier molecular flexibility index (Phi) is 6.00. The largest absolute Gasteiger partial charge is 0.346 e. The second-order valence-electron chi connectivity index (χ2n) is 5.57. The van der Waals surface area contributed by atoms with Crippen LogP contribution in [0.25, 0.3) is 0 Å². The Morgan fingerprint density at radius 3 is 2.74 bits per heavy atom. The first-order valence-corrected chi connectivity index (χ1v) is 9.21. The lowest BCUT2D eigenvalue weighted by atomic mass is 10.1. The third-order valence-corrected chi connectivity index (χ3v) is 4.88. The van der Waals surface area contributed by atoms with Crippen molar-refractivity contribution < 1.29 is 14.4 Å². The van der Waals surface area contributed by atoms with Gasteiger partial charge in [0.15, 0.2) is 5.78 Å². The molecule has 1 aliphatic rings. The SMILES string of the molecule is O=C(NNC(=O)c1cccnc1Cl)C1=CN(CC(=O)c2cccs2)C=CC1. The van der Waals surface area contributed by atoms with Gasteiger partial charge in [-0.1, -0.05) is 23.7 Å². The van der Waals surface area contributed by atoms with Crippen LogP contribution in [0.2, 0.25) is 5.15 Å². The second-order valence-corrected chi connectivity index (χ2v) is 6.87. The normalized spacial score (nSPS) is 13.1. The van der Waals surface area contributed by atoms with Gasteiger partial charge >= 0.3 is 0 Å². The zero-order chi connectivity index (χ0) is 19.2. The highest BCUT2D eigenvalue weighted by molar-refractivity contribution is 7.12. The first kappa shape index (κ1) is 18.8. The highest BCUT2D eigenvalue weighted by Crippen LogP contribution is 2.15. The summed E-state index contributed by atoms with van der Waals surface area (Å²) in [4.78, 5) is 42.6. The minimum atomic E-state index is -0.571. The fraction of sp³-hybridized carbons (Fsp3) is 0.111. The summed E-state index contributed by atoms with van der Waals surface area (Å²) in [5.41, 5.74) is 5.21. The molecule has 27 heavy (non-hydrogen) atoms. The van der Waals surface area contributed by atoms with Gasteiger partial charge in [0.1, 0.15) is 5.15 Å². The van der Waals surface area contributed by atoms with Gasteiger partial charge in [-0.25, -0.2) is 4.98 Å². The molecule has 0 fully saturated rings. The number of nitrogens with zero attached hydrogens (tertiary/aromatic N) is 2. The number of allylic oxidation sites excluding steroid dienone is 1. The number of thiophene rings is 1. The molecular formula is C18H15ClN4O3S. The van der Waals surface area contributed by atoms with E-state index in [1.807, 2.05) is 11.4 Å². The molecule has 7 nitrogen and oxygen atoms in total. The molecule has 9 heteroatoms. The van der Waals surface area contributed by atoms with Crippen molar-refractivity contribution in [3.8, 4) is 0 Å². The summed E-state index contributed by atoms with van der Waals surface area (Å²) in [7, 11) is 0. The van der Waals surface area contributed by atoms with Crippen molar-refractivity contribution in [1.29, 1.82) is 0 Å². The van der Waals surface area contributed by atoms with Crippen LogP contribution in [-0.2, 0) is 4.79 Å². The number of pyridine rings is 1. The molecule has 0 saturated carbocycles. The molecular weight excluding hydrogens is 388 g/mol. The molecule has 0 atom stereocenters. The molecule has 0 radical (unpaired) electrons. The van der Waals surface area contributed by atoms with E-state index >= 15 is 0 Å². The predicted octanol–water partition coefficient (Wildman–Crippen LogP) is 2.54. The quantitative estimate of drug-likeness (QED) is 0.455. The van der Waals surface area contributed by atoms with Gasteiger partial charge in [0.2, 0.25) is 0 Å². The Hall–Kier alpha value is -2.97. The number of hydrogen-bond donors (Lipinski definition) is 2. The molecule has 0 saturated heterocycles. The highest BCUT2D eigenvalue weighted by atomic mass is 35.5. The molecule has 138 valence electrons. The molecule has 2 amide bonds. The maximum absolute atomic E-state index is 12.3. The van der Waals surface area contributed by atoms with Crippen LogP contribution < -0.4 is 10.9 Å². The summed E-state index contributed by atoms with van der Waals surface area (Å²) in [6, 6.07) is 6.64. The molecule has 1 aliphatic heterocycles. The molecule has 0 aliphatic carbocycles. The lowest BCUT2D eigenvalue weighted by Crippen LogP contribution is -2.43. The van der Waals surface area contributed by atoms with E-state index in [1.54, 1.807) is 35.5 Å². The van der Waals surface area contributed by atoms with E-state index in [-0.39, 0.29) is 23.0 Å². The molecule has 0 unspecified atom stereocenters. The average molecular weight is 403 g/mol.